The number of aromatic nitrogens is 4. The first-order valence-corrected chi connectivity index (χ1v) is 11.7. The molecule has 0 radical (unpaired) electrons. The fraction of sp³-hybridized carbons (Fsp3) is 0. The number of rotatable bonds is 0. The van der Waals surface area contributed by atoms with Crippen LogP contribution in [0.25, 0.3) is 42.2 Å². The molecule has 32 heavy (non-hydrogen) atoms. The Bertz CT molecular complexity index is 1450. The number of fused-ring (bicyclic) bond motifs is 8. The summed E-state index contributed by atoms with van der Waals surface area (Å²) >= 11 is 51.3. The molecule has 3 aromatic rings. The largest absolute Gasteiger partial charge is 0.353 e. The molecule has 162 valence electrons. The molecule has 0 unspecified atom stereocenters. The van der Waals surface area contributed by atoms with Crippen molar-refractivity contribution in [1.82, 2.24) is 19.9 Å². The summed E-state index contributed by atoms with van der Waals surface area (Å²) in [5.74, 6) is 0. The number of H-pyrrole nitrogens is 2. The molecule has 0 amide bonds. The van der Waals surface area contributed by atoms with E-state index >= 15 is 0 Å². The fourth-order valence-electron chi connectivity index (χ4n) is 3.22. The molecule has 2 N–H and O–H groups in total. The number of hydrogen-bond donors (Lipinski definition) is 2. The zero-order chi connectivity index (χ0) is 22.9. The van der Waals surface area contributed by atoms with Crippen LogP contribution in [0.1, 0.15) is 22.8 Å². The second-order valence-corrected chi connectivity index (χ2v) is 9.78. The summed E-state index contributed by atoms with van der Waals surface area (Å²) in [5.41, 5.74) is 3.44. The predicted molar refractivity (Wildman–Crippen MR) is 138 cm³/mol. The first-order chi connectivity index (χ1) is 15.2. The van der Waals surface area contributed by atoms with E-state index in [9.17, 15) is 0 Å². The molecule has 2 aliphatic rings. The van der Waals surface area contributed by atoms with Gasteiger partial charge in [0.25, 0.3) is 0 Å². The maximum absolute atomic E-state index is 6.43. The number of nitrogens with zero attached hydrogens (tertiary/aromatic N) is 2. The first-order valence-electron chi connectivity index (χ1n) is 8.72. The first kappa shape index (κ1) is 22.7. The molecule has 5 rings (SSSR count). The molecular formula is C20H6Cl8N4. The molecular weight excluding hydrogens is 580 g/mol. The van der Waals surface area contributed by atoms with Crippen LogP contribution in [-0.4, -0.2) is 19.9 Å². The SMILES string of the molecule is ClC1=C(Cl)c2cc3[nH]c(cc4[nH]c(cc5nc(cc1n2)C(Cl)=C5Cl)c(Cl)c4Cl)c(Cl)c3Cl. The lowest BCUT2D eigenvalue weighted by atomic mass is 10.3. The average Bonchev–Trinajstić information content (AvgIpc) is 3.37. The van der Waals surface area contributed by atoms with Crippen molar-refractivity contribution in [3.05, 3.63) is 67.1 Å². The van der Waals surface area contributed by atoms with Crippen LogP contribution in [0.5, 0.6) is 0 Å². The third kappa shape index (κ3) is 3.62. The lowest BCUT2D eigenvalue weighted by Gasteiger charge is -1.92. The predicted octanol–water partition coefficient (Wildman–Crippen LogP) is 9.54. The maximum Gasteiger partial charge on any atom is 0.0871 e. The van der Waals surface area contributed by atoms with E-state index in [1.165, 1.54) is 0 Å². The Morgan fingerprint density at radius 3 is 1.03 bits per heavy atom. The highest BCUT2D eigenvalue weighted by Gasteiger charge is 2.22. The zero-order valence-corrected chi connectivity index (χ0v) is 21.3. The molecule has 8 bridgehead atoms. The summed E-state index contributed by atoms with van der Waals surface area (Å²) in [6.07, 6.45) is 0. The van der Waals surface area contributed by atoms with Crippen LogP contribution in [0.2, 0.25) is 20.1 Å². The summed E-state index contributed by atoms with van der Waals surface area (Å²) in [4.78, 5) is 15.2. The van der Waals surface area contributed by atoms with Crippen LogP contribution in [0.3, 0.4) is 0 Å². The molecule has 0 fully saturated rings. The van der Waals surface area contributed by atoms with E-state index in [0.717, 1.165) is 0 Å². The summed E-state index contributed by atoms with van der Waals surface area (Å²) in [6.45, 7) is 0. The Hall–Kier alpha value is -1.08. The van der Waals surface area contributed by atoms with Gasteiger partial charge < -0.3 is 9.97 Å². The molecule has 0 spiro atoms. The highest BCUT2D eigenvalue weighted by atomic mass is 35.5. The summed E-state index contributed by atoms with van der Waals surface area (Å²) in [6, 6.07) is 6.52. The van der Waals surface area contributed by atoms with Crippen molar-refractivity contribution in [3.8, 4) is 0 Å². The van der Waals surface area contributed by atoms with E-state index in [4.69, 9.17) is 92.8 Å². The second-order valence-electron chi connectivity index (χ2n) is 6.76. The fourth-order valence-corrected chi connectivity index (χ4v) is 4.80. The molecule has 4 nitrogen and oxygen atoms in total. The van der Waals surface area contributed by atoms with E-state index in [2.05, 4.69) is 19.9 Å². The van der Waals surface area contributed by atoms with Crippen LogP contribution < -0.4 is 0 Å². The van der Waals surface area contributed by atoms with Crippen molar-refractivity contribution in [2.45, 2.75) is 0 Å². The van der Waals surface area contributed by atoms with E-state index in [-0.39, 0.29) is 40.2 Å². The van der Waals surface area contributed by atoms with Gasteiger partial charge in [-0.25, -0.2) is 9.97 Å². The van der Waals surface area contributed by atoms with E-state index in [1.807, 2.05) is 0 Å². The second kappa shape index (κ2) is 8.30. The van der Waals surface area contributed by atoms with Gasteiger partial charge in [0.1, 0.15) is 0 Å². The number of aromatic amines is 2. The van der Waals surface area contributed by atoms with Crippen molar-refractivity contribution in [1.29, 1.82) is 0 Å². The standard InChI is InChI=1S/C20H6Cl8N4/c21-13-5-1-6-14(22)16(24)8(30-6)3-10-18(26)20(28)12(32-10)4-11-19(27)17(25)9(31-11)2-7(29-5)15(13)23/h1-4,29-30H. The van der Waals surface area contributed by atoms with Crippen molar-refractivity contribution in [2.75, 3.05) is 0 Å². The van der Waals surface area contributed by atoms with Crippen LogP contribution in [0.4, 0.5) is 0 Å². The van der Waals surface area contributed by atoms with Gasteiger partial charge in [-0.15, -0.1) is 0 Å². The maximum atomic E-state index is 6.43. The van der Waals surface area contributed by atoms with E-state index < -0.39 is 0 Å². The molecule has 0 saturated carbocycles. The van der Waals surface area contributed by atoms with Gasteiger partial charge in [0.2, 0.25) is 0 Å². The van der Waals surface area contributed by atoms with Crippen molar-refractivity contribution in [3.63, 3.8) is 0 Å². The Balaban J connectivity index is 1.99. The number of hydrogen-bond acceptors (Lipinski definition) is 2. The molecule has 0 saturated heterocycles. The molecule has 0 aliphatic carbocycles. The molecule has 0 aromatic carbocycles. The molecule has 5 heterocycles. The van der Waals surface area contributed by atoms with E-state index in [0.29, 0.717) is 44.8 Å². The van der Waals surface area contributed by atoms with Gasteiger partial charge in [-0.05, 0) is 24.3 Å². The smallest absolute Gasteiger partial charge is 0.0871 e. The van der Waals surface area contributed by atoms with Gasteiger partial charge in [-0.2, -0.15) is 0 Å². The molecule has 3 aromatic heterocycles. The molecule has 12 heteroatoms. The number of halogens is 8. The molecule has 0 atom stereocenters. The highest BCUT2D eigenvalue weighted by molar-refractivity contribution is 6.67. The van der Waals surface area contributed by atoms with Gasteiger partial charge in [-0.1, -0.05) is 92.8 Å². The monoisotopic (exact) mass is 582 g/mol. The van der Waals surface area contributed by atoms with Gasteiger partial charge in [0.15, 0.2) is 0 Å². The van der Waals surface area contributed by atoms with Crippen LogP contribution in [-0.2, 0) is 0 Å². The normalized spacial score (nSPS) is 14.0. The van der Waals surface area contributed by atoms with Crippen LogP contribution in [0.15, 0.2) is 24.3 Å². The Kier molecular flexibility index (Phi) is 5.89. The van der Waals surface area contributed by atoms with Crippen LogP contribution in [0, 0.1) is 0 Å². The third-order valence-electron chi connectivity index (χ3n) is 4.76. The quantitative estimate of drug-likeness (QED) is 0.276. The molecule has 2 aliphatic heterocycles. The van der Waals surface area contributed by atoms with Crippen LogP contribution >= 0.6 is 92.8 Å². The number of nitrogens with one attached hydrogen (secondary N) is 2. The van der Waals surface area contributed by atoms with Gasteiger partial charge >= 0.3 is 0 Å². The Labute approximate surface area is 220 Å². The Morgan fingerprint density at radius 1 is 0.406 bits per heavy atom. The average molecular weight is 586 g/mol. The summed E-state index contributed by atoms with van der Waals surface area (Å²) < 4.78 is 0. The van der Waals surface area contributed by atoms with Gasteiger partial charge in [0, 0.05) is 0 Å². The van der Waals surface area contributed by atoms with Crippen molar-refractivity contribution < 1.29 is 0 Å². The third-order valence-corrected chi connectivity index (χ3v) is 8.25. The summed E-state index contributed by atoms with van der Waals surface area (Å²) in [7, 11) is 0. The highest BCUT2D eigenvalue weighted by Crippen LogP contribution is 2.41. The minimum absolute atomic E-state index is 0.229. The lowest BCUT2D eigenvalue weighted by Crippen LogP contribution is -1.80. The van der Waals surface area contributed by atoms with Gasteiger partial charge in [-0.3, -0.25) is 0 Å². The van der Waals surface area contributed by atoms with Gasteiger partial charge in [0.05, 0.1) is 85.1 Å². The minimum atomic E-state index is 0.229. The summed E-state index contributed by atoms with van der Waals surface area (Å²) in [5, 5.41) is 2.05. The topological polar surface area (TPSA) is 57.4 Å². The lowest BCUT2D eigenvalue weighted by molar-refractivity contribution is 1.27. The van der Waals surface area contributed by atoms with Crippen molar-refractivity contribution in [2.24, 2.45) is 0 Å². The zero-order valence-electron chi connectivity index (χ0n) is 15.2. The van der Waals surface area contributed by atoms with E-state index in [1.54, 1.807) is 24.3 Å². The van der Waals surface area contributed by atoms with Crippen molar-refractivity contribution >= 4 is 135 Å². The minimum Gasteiger partial charge on any atom is -0.353 e. The Morgan fingerprint density at radius 2 is 0.688 bits per heavy atom.